The zero-order chi connectivity index (χ0) is 16.3. The molecule has 0 saturated carbocycles. The highest BCUT2D eigenvalue weighted by Crippen LogP contribution is 2.38. The maximum atomic E-state index is 12.5. The van der Waals surface area contributed by atoms with Gasteiger partial charge in [0.2, 0.25) is 11.8 Å². The standard InChI is InChI=1S/C16H21N5O2/c1-3-4-8-16(19-20-16)9-7-14(22)21-10-5-6-13(11-21)15-17-12(2)18-23-15/h1,13H,4-11H2,2H3. The van der Waals surface area contributed by atoms with Crippen molar-refractivity contribution < 1.29 is 9.32 Å². The summed E-state index contributed by atoms with van der Waals surface area (Å²) < 4.78 is 5.25. The molecule has 23 heavy (non-hydrogen) atoms. The molecule has 2 aliphatic heterocycles. The Morgan fingerprint density at radius 1 is 1.48 bits per heavy atom. The summed E-state index contributed by atoms with van der Waals surface area (Å²) in [6.45, 7) is 3.23. The smallest absolute Gasteiger partial charge is 0.231 e. The minimum absolute atomic E-state index is 0.139. The monoisotopic (exact) mass is 315 g/mol. The van der Waals surface area contributed by atoms with E-state index in [2.05, 4.69) is 26.3 Å². The topological polar surface area (TPSA) is 84.0 Å². The largest absolute Gasteiger partial charge is 0.342 e. The Hall–Kier alpha value is -2.23. The van der Waals surface area contributed by atoms with Crippen LogP contribution in [0.5, 0.6) is 0 Å². The molecule has 0 radical (unpaired) electrons. The van der Waals surface area contributed by atoms with Crippen molar-refractivity contribution in [2.75, 3.05) is 13.1 Å². The lowest BCUT2D eigenvalue weighted by molar-refractivity contribution is -0.132. The Balaban J connectivity index is 1.50. The second-order valence-corrected chi connectivity index (χ2v) is 6.25. The van der Waals surface area contributed by atoms with E-state index in [0.717, 1.165) is 25.8 Å². The Kier molecular flexibility index (Phi) is 4.42. The number of piperidine rings is 1. The van der Waals surface area contributed by atoms with Crippen molar-refractivity contribution in [3.63, 3.8) is 0 Å². The Bertz CT molecular complexity index is 639. The highest BCUT2D eigenvalue weighted by Gasteiger charge is 2.40. The van der Waals surface area contributed by atoms with E-state index in [1.165, 1.54) is 0 Å². The van der Waals surface area contributed by atoms with E-state index in [1.807, 2.05) is 4.90 Å². The van der Waals surface area contributed by atoms with Crippen molar-refractivity contribution >= 4 is 5.91 Å². The van der Waals surface area contributed by atoms with Crippen LogP contribution in [-0.2, 0) is 4.79 Å². The highest BCUT2D eigenvalue weighted by molar-refractivity contribution is 5.76. The summed E-state index contributed by atoms with van der Waals surface area (Å²) >= 11 is 0. The van der Waals surface area contributed by atoms with Crippen LogP contribution in [0.1, 0.15) is 56.2 Å². The molecule has 1 atom stereocenters. The van der Waals surface area contributed by atoms with Crippen LogP contribution >= 0.6 is 0 Å². The number of aryl methyl sites for hydroxylation is 1. The Labute approximate surface area is 135 Å². The van der Waals surface area contributed by atoms with E-state index in [4.69, 9.17) is 10.9 Å². The van der Waals surface area contributed by atoms with Crippen LogP contribution in [0.25, 0.3) is 0 Å². The molecule has 0 aromatic carbocycles. The van der Waals surface area contributed by atoms with Gasteiger partial charge in [-0.1, -0.05) is 5.16 Å². The molecule has 1 fully saturated rings. The van der Waals surface area contributed by atoms with Crippen LogP contribution < -0.4 is 0 Å². The first kappa shape index (κ1) is 15.7. The van der Waals surface area contributed by atoms with Crippen molar-refractivity contribution in [1.29, 1.82) is 0 Å². The molecular weight excluding hydrogens is 294 g/mol. The lowest BCUT2D eigenvalue weighted by Crippen LogP contribution is -2.39. The van der Waals surface area contributed by atoms with Crippen molar-refractivity contribution in [2.24, 2.45) is 10.2 Å². The molecule has 1 saturated heterocycles. The molecule has 0 N–H and O–H groups in total. The van der Waals surface area contributed by atoms with E-state index in [1.54, 1.807) is 6.92 Å². The number of aromatic nitrogens is 2. The second-order valence-electron chi connectivity index (χ2n) is 6.25. The Morgan fingerprint density at radius 3 is 2.96 bits per heavy atom. The molecule has 1 aromatic rings. The third-order valence-electron chi connectivity index (χ3n) is 4.46. The summed E-state index contributed by atoms with van der Waals surface area (Å²) in [4.78, 5) is 18.7. The first-order valence-corrected chi connectivity index (χ1v) is 8.07. The summed E-state index contributed by atoms with van der Waals surface area (Å²) in [7, 11) is 0. The number of likely N-dealkylation sites (tertiary alicyclic amines) is 1. The van der Waals surface area contributed by atoms with Crippen LogP contribution in [0.4, 0.5) is 0 Å². The number of amides is 1. The molecule has 1 amide bonds. The van der Waals surface area contributed by atoms with E-state index < -0.39 is 0 Å². The van der Waals surface area contributed by atoms with E-state index in [-0.39, 0.29) is 17.5 Å². The molecule has 0 aliphatic carbocycles. The van der Waals surface area contributed by atoms with Gasteiger partial charge in [0.05, 0.1) is 5.92 Å². The van der Waals surface area contributed by atoms with Gasteiger partial charge in [-0.25, -0.2) is 0 Å². The van der Waals surface area contributed by atoms with Crippen molar-refractivity contribution in [3.05, 3.63) is 11.7 Å². The quantitative estimate of drug-likeness (QED) is 0.755. The van der Waals surface area contributed by atoms with Gasteiger partial charge in [0, 0.05) is 38.8 Å². The highest BCUT2D eigenvalue weighted by atomic mass is 16.5. The lowest BCUT2D eigenvalue weighted by Gasteiger charge is -2.31. The number of carbonyl (C=O) groups excluding carboxylic acids is 1. The maximum absolute atomic E-state index is 12.5. The third-order valence-corrected chi connectivity index (χ3v) is 4.46. The van der Waals surface area contributed by atoms with Crippen LogP contribution in [0.3, 0.4) is 0 Å². The normalized spacial score (nSPS) is 21.9. The third kappa shape index (κ3) is 3.76. The fourth-order valence-corrected chi connectivity index (χ4v) is 3.02. The number of rotatable bonds is 6. The molecule has 0 spiro atoms. The van der Waals surface area contributed by atoms with Crippen LogP contribution in [0.15, 0.2) is 14.8 Å². The number of hydrogen-bond donors (Lipinski definition) is 0. The fraction of sp³-hybridized carbons (Fsp3) is 0.688. The molecule has 2 aliphatic rings. The summed E-state index contributed by atoms with van der Waals surface area (Å²) in [5.41, 5.74) is -0.388. The van der Waals surface area contributed by atoms with Gasteiger partial charge in [0.1, 0.15) is 0 Å². The fourth-order valence-electron chi connectivity index (χ4n) is 3.02. The summed E-state index contributed by atoms with van der Waals surface area (Å²) in [6.07, 6.45) is 9.69. The van der Waals surface area contributed by atoms with Gasteiger partial charge in [-0.2, -0.15) is 15.2 Å². The molecule has 3 rings (SSSR count). The summed E-state index contributed by atoms with van der Waals surface area (Å²) in [5, 5.41) is 12.0. The van der Waals surface area contributed by atoms with Gasteiger partial charge in [-0.3, -0.25) is 4.79 Å². The van der Waals surface area contributed by atoms with Crippen LogP contribution in [0, 0.1) is 19.3 Å². The first-order valence-electron chi connectivity index (χ1n) is 8.07. The minimum Gasteiger partial charge on any atom is -0.342 e. The van der Waals surface area contributed by atoms with Gasteiger partial charge >= 0.3 is 0 Å². The summed E-state index contributed by atoms with van der Waals surface area (Å²) in [6, 6.07) is 0. The SMILES string of the molecule is C#CCCC1(CCC(=O)N2CCCC(c3nc(C)no3)C2)N=N1. The molecule has 122 valence electrons. The predicted octanol–water partition coefficient (Wildman–Crippen LogP) is 2.44. The van der Waals surface area contributed by atoms with Gasteiger partial charge in [0.15, 0.2) is 11.5 Å². The average Bonchev–Trinajstić information content (AvgIpc) is 3.22. The zero-order valence-corrected chi connectivity index (χ0v) is 13.4. The molecule has 1 aromatic heterocycles. The molecule has 7 nitrogen and oxygen atoms in total. The van der Waals surface area contributed by atoms with E-state index in [0.29, 0.717) is 37.5 Å². The number of terminal acetylenes is 1. The molecule has 0 bridgehead atoms. The van der Waals surface area contributed by atoms with Gasteiger partial charge in [-0.15, -0.1) is 12.3 Å². The number of hydrogen-bond acceptors (Lipinski definition) is 6. The molecule has 7 heteroatoms. The van der Waals surface area contributed by atoms with Gasteiger partial charge in [0.25, 0.3) is 0 Å². The molecule has 1 unspecified atom stereocenters. The van der Waals surface area contributed by atoms with Crippen LogP contribution in [0.2, 0.25) is 0 Å². The lowest BCUT2D eigenvalue weighted by atomic mass is 9.96. The maximum Gasteiger partial charge on any atom is 0.231 e. The zero-order valence-electron chi connectivity index (χ0n) is 13.4. The van der Waals surface area contributed by atoms with E-state index >= 15 is 0 Å². The number of nitrogens with zero attached hydrogens (tertiary/aromatic N) is 5. The van der Waals surface area contributed by atoms with Gasteiger partial charge in [-0.05, 0) is 19.8 Å². The number of carbonyl (C=O) groups is 1. The Morgan fingerprint density at radius 2 is 2.30 bits per heavy atom. The van der Waals surface area contributed by atoms with Crippen molar-refractivity contribution in [2.45, 2.75) is 57.0 Å². The minimum atomic E-state index is -0.388. The van der Waals surface area contributed by atoms with Crippen LogP contribution in [-0.4, -0.2) is 39.7 Å². The van der Waals surface area contributed by atoms with Crippen molar-refractivity contribution in [3.8, 4) is 12.3 Å². The van der Waals surface area contributed by atoms with Crippen molar-refractivity contribution in [1.82, 2.24) is 15.0 Å². The van der Waals surface area contributed by atoms with E-state index in [9.17, 15) is 4.79 Å². The predicted molar refractivity (Wildman–Crippen MR) is 82.5 cm³/mol. The first-order chi connectivity index (χ1) is 11.1. The second kappa shape index (κ2) is 6.49. The molecular formula is C16H21N5O2. The average molecular weight is 315 g/mol. The van der Waals surface area contributed by atoms with Gasteiger partial charge < -0.3 is 9.42 Å². The molecule has 3 heterocycles. The summed E-state index contributed by atoms with van der Waals surface area (Å²) in [5.74, 6) is 4.15.